The van der Waals surface area contributed by atoms with Crippen LogP contribution in [0.1, 0.15) is 17.1 Å². The maximum Gasteiger partial charge on any atom is 0.133 e. The molecule has 0 radical (unpaired) electrons. The molecule has 2 nitrogen and oxygen atoms in total. The van der Waals surface area contributed by atoms with Crippen molar-refractivity contribution in [1.29, 1.82) is 0 Å². The number of hydrogen-bond acceptors (Lipinski definition) is 2. The van der Waals surface area contributed by atoms with Crippen molar-refractivity contribution in [3.05, 3.63) is 58.6 Å². The quantitative estimate of drug-likeness (QED) is 0.760. The molecule has 82 valence electrons. The topological polar surface area (TPSA) is 25.8 Å². The molecular formula is C13H13ClN2. The summed E-state index contributed by atoms with van der Waals surface area (Å²) >= 11 is 5.88. The van der Waals surface area contributed by atoms with Gasteiger partial charge in [-0.15, -0.1) is 0 Å². The Morgan fingerprint density at radius 3 is 2.50 bits per heavy atom. The number of aryl methyl sites for hydroxylation is 3. The summed E-state index contributed by atoms with van der Waals surface area (Å²) in [5.41, 5.74) is 2.21. The number of aromatic nitrogens is 2. The molecule has 0 saturated heterocycles. The zero-order chi connectivity index (χ0) is 11.4. The highest BCUT2D eigenvalue weighted by Gasteiger charge is 2.01. The molecule has 0 aliphatic heterocycles. The molecule has 0 saturated carbocycles. The Morgan fingerprint density at radius 1 is 1.06 bits per heavy atom. The first-order valence-corrected chi connectivity index (χ1v) is 5.66. The molecule has 0 fully saturated rings. The third-order valence-corrected chi connectivity index (χ3v) is 2.54. The minimum absolute atomic E-state index is 0.524. The summed E-state index contributed by atoms with van der Waals surface area (Å²) in [5, 5.41) is 0.524. The third-order valence-electron chi connectivity index (χ3n) is 2.35. The van der Waals surface area contributed by atoms with Crippen molar-refractivity contribution in [1.82, 2.24) is 9.97 Å². The second-order valence-corrected chi connectivity index (χ2v) is 4.12. The van der Waals surface area contributed by atoms with Crippen LogP contribution in [-0.4, -0.2) is 9.97 Å². The average Bonchev–Trinajstić information content (AvgIpc) is 2.27. The zero-order valence-electron chi connectivity index (χ0n) is 9.15. The SMILES string of the molecule is Cc1cc(Cl)nc(CCc2ccccc2)n1. The Bertz CT molecular complexity index is 448. The second kappa shape index (κ2) is 5.08. The minimum Gasteiger partial charge on any atom is -0.238 e. The Hall–Kier alpha value is -1.41. The molecule has 1 aromatic carbocycles. The Labute approximate surface area is 100 Å². The van der Waals surface area contributed by atoms with Gasteiger partial charge in [0.15, 0.2) is 0 Å². The highest BCUT2D eigenvalue weighted by molar-refractivity contribution is 6.29. The number of hydrogen-bond donors (Lipinski definition) is 0. The highest BCUT2D eigenvalue weighted by Crippen LogP contribution is 2.09. The summed E-state index contributed by atoms with van der Waals surface area (Å²) < 4.78 is 0. The predicted octanol–water partition coefficient (Wildman–Crippen LogP) is 3.22. The van der Waals surface area contributed by atoms with Crippen LogP contribution in [0, 0.1) is 6.92 Å². The van der Waals surface area contributed by atoms with E-state index in [-0.39, 0.29) is 0 Å². The van der Waals surface area contributed by atoms with Gasteiger partial charge in [0.25, 0.3) is 0 Å². The van der Waals surface area contributed by atoms with Crippen molar-refractivity contribution in [3.8, 4) is 0 Å². The molecule has 16 heavy (non-hydrogen) atoms. The van der Waals surface area contributed by atoms with E-state index in [0.29, 0.717) is 5.15 Å². The van der Waals surface area contributed by atoms with E-state index >= 15 is 0 Å². The number of benzene rings is 1. The smallest absolute Gasteiger partial charge is 0.133 e. The maximum absolute atomic E-state index is 5.88. The van der Waals surface area contributed by atoms with Crippen LogP contribution < -0.4 is 0 Å². The minimum atomic E-state index is 0.524. The van der Waals surface area contributed by atoms with Gasteiger partial charge < -0.3 is 0 Å². The Kier molecular flexibility index (Phi) is 3.52. The molecule has 1 heterocycles. The van der Waals surface area contributed by atoms with Crippen LogP contribution in [0.2, 0.25) is 5.15 Å². The molecule has 0 amide bonds. The lowest BCUT2D eigenvalue weighted by molar-refractivity contribution is 0.846. The Morgan fingerprint density at radius 2 is 1.81 bits per heavy atom. The highest BCUT2D eigenvalue weighted by atomic mass is 35.5. The van der Waals surface area contributed by atoms with E-state index in [9.17, 15) is 0 Å². The maximum atomic E-state index is 5.88. The molecule has 1 aromatic heterocycles. The normalized spacial score (nSPS) is 10.4. The van der Waals surface area contributed by atoms with Gasteiger partial charge in [-0.05, 0) is 25.0 Å². The fourth-order valence-electron chi connectivity index (χ4n) is 1.60. The van der Waals surface area contributed by atoms with Gasteiger partial charge in [0.05, 0.1) is 0 Å². The lowest BCUT2D eigenvalue weighted by atomic mass is 10.1. The van der Waals surface area contributed by atoms with Gasteiger partial charge in [-0.1, -0.05) is 41.9 Å². The van der Waals surface area contributed by atoms with Crippen molar-refractivity contribution in [3.63, 3.8) is 0 Å². The molecule has 2 rings (SSSR count). The van der Waals surface area contributed by atoms with Crippen molar-refractivity contribution >= 4 is 11.6 Å². The van der Waals surface area contributed by atoms with E-state index in [2.05, 4.69) is 22.1 Å². The molecule has 0 bridgehead atoms. The second-order valence-electron chi connectivity index (χ2n) is 3.73. The summed E-state index contributed by atoms with van der Waals surface area (Å²) in [6.07, 6.45) is 1.77. The Balaban J connectivity index is 2.05. The van der Waals surface area contributed by atoms with E-state index in [0.717, 1.165) is 24.4 Å². The lowest BCUT2D eigenvalue weighted by Gasteiger charge is -2.02. The van der Waals surface area contributed by atoms with Crippen molar-refractivity contribution in [2.75, 3.05) is 0 Å². The van der Waals surface area contributed by atoms with E-state index in [1.54, 1.807) is 6.07 Å². The largest absolute Gasteiger partial charge is 0.238 e. The average molecular weight is 233 g/mol. The molecular weight excluding hydrogens is 220 g/mol. The molecule has 0 atom stereocenters. The van der Waals surface area contributed by atoms with Crippen molar-refractivity contribution in [2.24, 2.45) is 0 Å². The first-order valence-electron chi connectivity index (χ1n) is 5.28. The summed E-state index contributed by atoms with van der Waals surface area (Å²) in [4.78, 5) is 8.56. The molecule has 0 spiro atoms. The summed E-state index contributed by atoms with van der Waals surface area (Å²) in [6.45, 7) is 1.93. The van der Waals surface area contributed by atoms with E-state index in [4.69, 9.17) is 11.6 Å². The zero-order valence-corrected chi connectivity index (χ0v) is 9.91. The molecule has 3 heteroatoms. The lowest BCUT2D eigenvalue weighted by Crippen LogP contribution is -1.99. The fourth-order valence-corrected chi connectivity index (χ4v) is 1.86. The van der Waals surface area contributed by atoms with Gasteiger partial charge in [-0.3, -0.25) is 0 Å². The molecule has 0 aliphatic rings. The molecule has 0 unspecified atom stereocenters. The van der Waals surface area contributed by atoms with Crippen LogP contribution in [0.5, 0.6) is 0 Å². The number of rotatable bonds is 3. The van der Waals surface area contributed by atoms with E-state index < -0.39 is 0 Å². The van der Waals surface area contributed by atoms with Crippen molar-refractivity contribution < 1.29 is 0 Å². The summed E-state index contributed by atoms with van der Waals surface area (Å²) in [5.74, 6) is 0.814. The number of nitrogens with zero attached hydrogens (tertiary/aromatic N) is 2. The van der Waals surface area contributed by atoms with Crippen LogP contribution in [0.15, 0.2) is 36.4 Å². The van der Waals surface area contributed by atoms with Gasteiger partial charge in [-0.2, -0.15) is 0 Å². The molecule has 2 aromatic rings. The van der Waals surface area contributed by atoms with E-state index in [1.165, 1.54) is 5.56 Å². The fraction of sp³-hybridized carbons (Fsp3) is 0.231. The van der Waals surface area contributed by atoms with Gasteiger partial charge in [0.2, 0.25) is 0 Å². The molecule has 0 N–H and O–H groups in total. The van der Waals surface area contributed by atoms with Crippen LogP contribution in [0.3, 0.4) is 0 Å². The first-order chi connectivity index (χ1) is 7.74. The third kappa shape index (κ3) is 3.04. The monoisotopic (exact) mass is 232 g/mol. The summed E-state index contributed by atoms with van der Waals surface area (Å²) in [6, 6.07) is 12.1. The summed E-state index contributed by atoms with van der Waals surface area (Å²) in [7, 11) is 0. The van der Waals surface area contributed by atoms with Crippen LogP contribution in [-0.2, 0) is 12.8 Å². The van der Waals surface area contributed by atoms with Crippen molar-refractivity contribution in [2.45, 2.75) is 19.8 Å². The van der Waals surface area contributed by atoms with Gasteiger partial charge >= 0.3 is 0 Å². The standard InChI is InChI=1S/C13H13ClN2/c1-10-9-12(14)16-13(15-10)8-7-11-5-3-2-4-6-11/h2-6,9H,7-8H2,1H3. The van der Waals surface area contributed by atoms with Gasteiger partial charge in [0.1, 0.15) is 11.0 Å². The van der Waals surface area contributed by atoms with Crippen LogP contribution in [0.4, 0.5) is 0 Å². The van der Waals surface area contributed by atoms with Gasteiger partial charge in [0, 0.05) is 12.1 Å². The van der Waals surface area contributed by atoms with Crippen LogP contribution >= 0.6 is 11.6 Å². The molecule has 0 aliphatic carbocycles. The van der Waals surface area contributed by atoms with Gasteiger partial charge in [-0.25, -0.2) is 9.97 Å². The predicted molar refractivity (Wildman–Crippen MR) is 65.6 cm³/mol. The van der Waals surface area contributed by atoms with Crippen LogP contribution in [0.25, 0.3) is 0 Å². The first kappa shape index (κ1) is 11.1. The number of halogens is 1. The van der Waals surface area contributed by atoms with E-state index in [1.807, 2.05) is 25.1 Å².